The predicted octanol–water partition coefficient (Wildman–Crippen LogP) is 4.49. The fourth-order valence-corrected chi connectivity index (χ4v) is 4.52. The number of fused-ring (bicyclic) bond motifs is 2. The number of nitrogens with one attached hydrogen (secondary N) is 1. The summed E-state index contributed by atoms with van der Waals surface area (Å²) < 4.78 is 11.4. The van der Waals surface area contributed by atoms with Gasteiger partial charge in [0.1, 0.15) is 5.52 Å². The van der Waals surface area contributed by atoms with E-state index in [0.29, 0.717) is 36.6 Å². The van der Waals surface area contributed by atoms with Crippen LogP contribution in [-0.2, 0) is 11.3 Å². The van der Waals surface area contributed by atoms with E-state index >= 15 is 0 Å². The quantitative estimate of drug-likeness (QED) is 0.470. The summed E-state index contributed by atoms with van der Waals surface area (Å²) in [5.41, 5.74) is 5.75. The van der Waals surface area contributed by atoms with Gasteiger partial charge in [-0.3, -0.25) is 4.79 Å². The number of hydrogen-bond acceptors (Lipinski definition) is 6. The molecule has 154 valence electrons. The first-order valence-electron chi connectivity index (χ1n) is 10.5. The summed E-state index contributed by atoms with van der Waals surface area (Å²) in [7, 11) is 0. The molecule has 0 radical (unpaired) electrons. The zero-order valence-electron chi connectivity index (χ0n) is 16.9. The van der Waals surface area contributed by atoms with E-state index in [1.165, 1.54) is 0 Å². The minimum absolute atomic E-state index is 0.000360. The third kappa shape index (κ3) is 2.91. The molecule has 1 aromatic heterocycles. The summed E-state index contributed by atoms with van der Waals surface area (Å²) in [4.78, 5) is 15.8. The number of ketones is 1. The minimum atomic E-state index is 0.000360. The highest BCUT2D eigenvalue weighted by Gasteiger charge is 2.33. The normalized spacial score (nSPS) is 15.2. The van der Waals surface area contributed by atoms with Gasteiger partial charge in [0.05, 0.1) is 29.9 Å². The largest absolute Gasteiger partial charge is 0.380 e. The molecule has 31 heavy (non-hydrogen) atoms. The van der Waals surface area contributed by atoms with E-state index in [2.05, 4.69) is 27.5 Å². The maximum absolute atomic E-state index is 13.6. The molecule has 4 aromatic rings. The average Bonchev–Trinajstić information content (AvgIpc) is 3.28. The molecule has 1 N–H and O–H groups in total. The van der Waals surface area contributed by atoms with Gasteiger partial charge in [0.2, 0.25) is 0 Å². The van der Waals surface area contributed by atoms with Gasteiger partial charge in [-0.15, -0.1) is 0 Å². The summed E-state index contributed by atoms with van der Waals surface area (Å²) in [5, 5.41) is 8.73. The van der Waals surface area contributed by atoms with Crippen LogP contribution in [0.15, 0.2) is 65.2 Å². The zero-order chi connectivity index (χ0) is 20.8. The van der Waals surface area contributed by atoms with Crippen molar-refractivity contribution in [1.82, 2.24) is 5.16 Å². The van der Waals surface area contributed by atoms with Gasteiger partial charge in [0.25, 0.3) is 0 Å². The summed E-state index contributed by atoms with van der Waals surface area (Å²) in [6.07, 6.45) is 0. The molecule has 0 amide bonds. The van der Waals surface area contributed by atoms with Gasteiger partial charge in [-0.2, -0.15) is 0 Å². The molecule has 2 heterocycles. The first-order valence-corrected chi connectivity index (χ1v) is 10.5. The smallest absolute Gasteiger partial charge is 0.196 e. The van der Waals surface area contributed by atoms with Crippen molar-refractivity contribution in [3.63, 3.8) is 0 Å². The molecule has 0 atom stereocenters. The lowest BCUT2D eigenvalue weighted by Crippen LogP contribution is -2.36. The molecule has 1 fully saturated rings. The second kappa shape index (κ2) is 7.25. The van der Waals surface area contributed by atoms with Crippen LogP contribution in [0.4, 0.5) is 11.4 Å². The first kappa shape index (κ1) is 18.2. The molecule has 0 saturated carbocycles. The molecule has 0 unspecified atom stereocenters. The Morgan fingerprint density at radius 3 is 2.52 bits per heavy atom. The Balaban J connectivity index is 1.55. The maximum atomic E-state index is 13.6. The molecule has 1 aliphatic heterocycles. The van der Waals surface area contributed by atoms with Gasteiger partial charge < -0.3 is 19.5 Å². The standard InChI is InChI=1S/C25H21N3O3/c29-24-17-8-4-5-9-18(17)25-22-21(24)19(26-15-16-6-2-1-3-7-16)14-20(23(22)27-31-25)28-10-12-30-13-11-28/h1-9,14,26H,10-13,15H2. The van der Waals surface area contributed by atoms with Gasteiger partial charge in [0.15, 0.2) is 11.5 Å². The first-order chi connectivity index (χ1) is 15.3. The van der Waals surface area contributed by atoms with Crippen molar-refractivity contribution in [2.45, 2.75) is 6.54 Å². The second-order valence-corrected chi connectivity index (χ2v) is 7.87. The monoisotopic (exact) mass is 411 g/mol. The number of carbonyl (C=O) groups is 1. The molecule has 0 spiro atoms. The van der Waals surface area contributed by atoms with E-state index in [9.17, 15) is 4.79 Å². The van der Waals surface area contributed by atoms with Crippen molar-refractivity contribution >= 4 is 28.1 Å². The van der Waals surface area contributed by atoms with E-state index in [1.54, 1.807) is 0 Å². The number of carbonyl (C=O) groups excluding carboxylic acids is 1. The van der Waals surface area contributed by atoms with E-state index in [-0.39, 0.29) is 5.78 Å². The Morgan fingerprint density at radius 1 is 0.968 bits per heavy atom. The Labute approximate surface area is 179 Å². The molecule has 6 heteroatoms. The van der Waals surface area contributed by atoms with E-state index < -0.39 is 0 Å². The predicted molar refractivity (Wildman–Crippen MR) is 120 cm³/mol. The number of aromatic nitrogens is 1. The molecular formula is C25H21N3O3. The summed E-state index contributed by atoms with van der Waals surface area (Å²) >= 11 is 0. The van der Waals surface area contributed by atoms with Crippen LogP contribution in [0, 0.1) is 0 Å². The molecule has 1 aliphatic carbocycles. The number of nitrogens with zero attached hydrogens (tertiary/aromatic N) is 2. The van der Waals surface area contributed by atoms with Crippen molar-refractivity contribution in [2.75, 3.05) is 36.5 Å². The van der Waals surface area contributed by atoms with Crippen LogP contribution >= 0.6 is 0 Å². The van der Waals surface area contributed by atoms with Crippen molar-refractivity contribution in [2.24, 2.45) is 0 Å². The van der Waals surface area contributed by atoms with Gasteiger partial charge in [-0.05, 0) is 11.6 Å². The van der Waals surface area contributed by atoms with Gasteiger partial charge in [-0.25, -0.2) is 0 Å². The number of ether oxygens (including phenoxy) is 1. The molecular weight excluding hydrogens is 390 g/mol. The van der Waals surface area contributed by atoms with E-state index in [4.69, 9.17) is 9.26 Å². The van der Waals surface area contributed by atoms with Crippen molar-refractivity contribution in [3.05, 3.63) is 77.4 Å². The molecule has 3 aromatic carbocycles. The highest BCUT2D eigenvalue weighted by Crippen LogP contribution is 2.45. The molecule has 6 nitrogen and oxygen atoms in total. The van der Waals surface area contributed by atoms with E-state index in [0.717, 1.165) is 46.5 Å². The second-order valence-electron chi connectivity index (χ2n) is 7.87. The van der Waals surface area contributed by atoms with Crippen LogP contribution < -0.4 is 10.2 Å². The van der Waals surface area contributed by atoms with Crippen molar-refractivity contribution in [3.8, 4) is 11.3 Å². The maximum Gasteiger partial charge on any atom is 0.196 e. The highest BCUT2D eigenvalue weighted by molar-refractivity contribution is 6.28. The topological polar surface area (TPSA) is 67.6 Å². The lowest BCUT2D eigenvalue weighted by atomic mass is 9.86. The van der Waals surface area contributed by atoms with Crippen LogP contribution in [0.2, 0.25) is 0 Å². The molecule has 1 saturated heterocycles. The number of anilines is 2. The third-order valence-electron chi connectivity index (χ3n) is 6.06. The highest BCUT2D eigenvalue weighted by atomic mass is 16.5. The third-order valence-corrected chi connectivity index (χ3v) is 6.06. The Hall–Kier alpha value is -3.64. The molecule has 0 bridgehead atoms. The molecule has 6 rings (SSSR count). The Kier molecular flexibility index (Phi) is 4.25. The van der Waals surface area contributed by atoms with E-state index in [1.807, 2.05) is 48.5 Å². The summed E-state index contributed by atoms with van der Waals surface area (Å²) in [5.74, 6) is 0.665. The number of hydrogen-bond donors (Lipinski definition) is 1. The van der Waals surface area contributed by atoms with Gasteiger partial charge >= 0.3 is 0 Å². The SMILES string of the molecule is O=C1c2ccccc2-c2onc3c(N4CCOCC4)cc(NCc4ccccc4)c1c23. The Morgan fingerprint density at radius 2 is 1.71 bits per heavy atom. The van der Waals surface area contributed by atoms with Crippen LogP contribution in [0.5, 0.6) is 0 Å². The zero-order valence-corrected chi connectivity index (χ0v) is 16.9. The van der Waals surface area contributed by atoms with Crippen molar-refractivity contribution < 1.29 is 14.1 Å². The number of morpholine rings is 1. The fourth-order valence-electron chi connectivity index (χ4n) is 4.52. The number of rotatable bonds is 4. The van der Waals surface area contributed by atoms with Crippen LogP contribution in [0.3, 0.4) is 0 Å². The van der Waals surface area contributed by atoms with Crippen LogP contribution in [-0.4, -0.2) is 37.2 Å². The summed E-state index contributed by atoms with van der Waals surface area (Å²) in [6.45, 7) is 3.51. The minimum Gasteiger partial charge on any atom is -0.380 e. The Bertz CT molecular complexity index is 1290. The fraction of sp³-hybridized carbons (Fsp3) is 0.200. The van der Waals surface area contributed by atoms with Crippen LogP contribution in [0.1, 0.15) is 21.5 Å². The average molecular weight is 411 g/mol. The number of benzene rings is 3. The van der Waals surface area contributed by atoms with Crippen molar-refractivity contribution in [1.29, 1.82) is 0 Å². The summed E-state index contributed by atoms with van der Waals surface area (Å²) in [6, 6.07) is 19.8. The molecule has 2 aliphatic rings. The lowest BCUT2D eigenvalue weighted by Gasteiger charge is -2.30. The lowest BCUT2D eigenvalue weighted by molar-refractivity contribution is 0.104. The van der Waals surface area contributed by atoms with Gasteiger partial charge in [0, 0.05) is 36.4 Å². The van der Waals surface area contributed by atoms with Crippen LogP contribution in [0.25, 0.3) is 22.2 Å². The van der Waals surface area contributed by atoms with Gasteiger partial charge in [-0.1, -0.05) is 59.8 Å².